The monoisotopic (exact) mass is 382 g/mol. The summed E-state index contributed by atoms with van der Waals surface area (Å²) >= 11 is 0. The number of hydrogen-bond acceptors (Lipinski definition) is 3. The van der Waals surface area contributed by atoms with Gasteiger partial charge in [-0.2, -0.15) is 0 Å². The number of carbonyl (C=O) groups excluding carboxylic acids is 1. The summed E-state index contributed by atoms with van der Waals surface area (Å²) < 4.78 is 10.4. The lowest BCUT2D eigenvalue weighted by molar-refractivity contribution is 0.101. The van der Waals surface area contributed by atoms with Crippen molar-refractivity contribution in [2.24, 2.45) is 0 Å². The molecular weight excluding hydrogens is 348 g/mol. The molecule has 2 aromatic rings. The molecule has 0 unspecified atom stereocenters. The summed E-state index contributed by atoms with van der Waals surface area (Å²) in [5, 5.41) is 0. The van der Waals surface area contributed by atoms with E-state index in [1.165, 1.54) is 27.8 Å². The highest BCUT2D eigenvalue weighted by atomic mass is 16.5. The van der Waals surface area contributed by atoms with Gasteiger partial charge in [-0.15, -0.1) is 0 Å². The van der Waals surface area contributed by atoms with Crippen LogP contribution < -0.4 is 0 Å². The Kier molecular flexibility index (Phi) is 9.39. The maximum Gasteiger partial charge on any atom is 0.160 e. The lowest BCUT2D eigenvalue weighted by Gasteiger charge is -2.17. The van der Waals surface area contributed by atoms with Crippen molar-refractivity contribution in [1.29, 1.82) is 0 Å². The van der Waals surface area contributed by atoms with Gasteiger partial charge in [-0.05, 0) is 80.2 Å². The zero-order chi connectivity index (χ0) is 20.4. The van der Waals surface area contributed by atoms with Crippen molar-refractivity contribution < 1.29 is 14.3 Å². The molecular formula is C25H34O3. The number of ketones is 1. The van der Waals surface area contributed by atoms with E-state index in [2.05, 4.69) is 31.2 Å². The normalized spacial score (nSPS) is 11.0. The Hall–Kier alpha value is -1.97. The highest BCUT2D eigenvalue weighted by Crippen LogP contribution is 2.32. The van der Waals surface area contributed by atoms with Gasteiger partial charge in [0.2, 0.25) is 0 Å². The van der Waals surface area contributed by atoms with Crippen molar-refractivity contribution in [1.82, 2.24) is 0 Å². The minimum absolute atomic E-state index is 0.136. The summed E-state index contributed by atoms with van der Waals surface area (Å²) in [6, 6.07) is 12.7. The van der Waals surface area contributed by atoms with Gasteiger partial charge in [-0.3, -0.25) is 4.79 Å². The van der Waals surface area contributed by atoms with Crippen LogP contribution in [-0.4, -0.2) is 33.2 Å². The Bertz CT molecular complexity index is 764. The molecule has 3 heteroatoms. The predicted octanol–water partition coefficient (Wildman–Crippen LogP) is 5.80. The molecule has 0 heterocycles. The van der Waals surface area contributed by atoms with Crippen LogP contribution in [0.25, 0.3) is 11.1 Å². The first-order valence-electron chi connectivity index (χ1n) is 10.3. The van der Waals surface area contributed by atoms with Crippen molar-refractivity contribution in [3.63, 3.8) is 0 Å². The minimum Gasteiger partial charge on any atom is -0.385 e. The first-order valence-corrected chi connectivity index (χ1v) is 10.3. The molecule has 0 aliphatic rings. The average molecular weight is 383 g/mol. The lowest BCUT2D eigenvalue weighted by Crippen LogP contribution is -2.04. The summed E-state index contributed by atoms with van der Waals surface area (Å²) in [5.74, 6) is 0.136. The maximum absolute atomic E-state index is 12.3. The topological polar surface area (TPSA) is 35.5 Å². The van der Waals surface area contributed by atoms with Crippen LogP contribution in [0.4, 0.5) is 0 Å². The van der Waals surface area contributed by atoms with Gasteiger partial charge >= 0.3 is 0 Å². The van der Waals surface area contributed by atoms with E-state index < -0.39 is 0 Å². The molecule has 0 fully saturated rings. The fraction of sp³-hybridized carbons (Fsp3) is 0.480. The largest absolute Gasteiger partial charge is 0.385 e. The Morgan fingerprint density at radius 2 is 1.43 bits per heavy atom. The number of aryl methyl sites for hydroxylation is 1. The van der Waals surface area contributed by atoms with E-state index in [4.69, 9.17) is 9.47 Å². The molecule has 2 aromatic carbocycles. The van der Waals surface area contributed by atoms with Crippen LogP contribution in [0.15, 0.2) is 36.4 Å². The Labute approximate surface area is 170 Å². The second-order valence-electron chi connectivity index (χ2n) is 7.38. The van der Waals surface area contributed by atoms with Gasteiger partial charge in [-0.1, -0.05) is 36.4 Å². The van der Waals surface area contributed by atoms with Crippen LogP contribution in [0.5, 0.6) is 0 Å². The van der Waals surface area contributed by atoms with Crippen LogP contribution in [-0.2, 0) is 22.3 Å². The molecule has 0 aromatic heterocycles. The fourth-order valence-corrected chi connectivity index (χ4v) is 3.79. The number of rotatable bonds is 12. The van der Waals surface area contributed by atoms with E-state index in [1.54, 1.807) is 21.1 Å². The third-order valence-corrected chi connectivity index (χ3v) is 5.36. The SMILES string of the molecule is COCCCCc1cccc(-c2cccc(C(C)=O)c2CCCCOC)c1C. The van der Waals surface area contributed by atoms with Gasteiger partial charge in [0.15, 0.2) is 5.78 Å². The van der Waals surface area contributed by atoms with Crippen molar-refractivity contribution in [3.8, 4) is 11.1 Å². The molecule has 0 bridgehead atoms. The van der Waals surface area contributed by atoms with Crippen molar-refractivity contribution >= 4 is 5.78 Å². The first-order chi connectivity index (χ1) is 13.6. The minimum atomic E-state index is 0.136. The molecule has 0 N–H and O–H groups in total. The lowest BCUT2D eigenvalue weighted by atomic mass is 9.87. The zero-order valence-corrected chi connectivity index (χ0v) is 17.8. The second kappa shape index (κ2) is 11.8. The predicted molar refractivity (Wildman–Crippen MR) is 116 cm³/mol. The Balaban J connectivity index is 2.35. The van der Waals surface area contributed by atoms with Gasteiger partial charge in [0.1, 0.15) is 0 Å². The van der Waals surface area contributed by atoms with Crippen LogP contribution in [0.1, 0.15) is 59.7 Å². The number of hydrogen-bond donors (Lipinski definition) is 0. The smallest absolute Gasteiger partial charge is 0.160 e. The molecule has 152 valence electrons. The molecule has 0 amide bonds. The van der Waals surface area contributed by atoms with E-state index in [9.17, 15) is 4.79 Å². The second-order valence-corrected chi connectivity index (χ2v) is 7.38. The number of methoxy groups -OCH3 is 2. The van der Waals surface area contributed by atoms with Crippen molar-refractivity contribution in [2.45, 2.75) is 52.4 Å². The van der Waals surface area contributed by atoms with Crippen molar-refractivity contribution in [3.05, 3.63) is 58.7 Å². The molecule has 2 rings (SSSR count). The van der Waals surface area contributed by atoms with Gasteiger partial charge in [-0.25, -0.2) is 0 Å². The van der Waals surface area contributed by atoms with E-state index in [-0.39, 0.29) is 5.78 Å². The van der Waals surface area contributed by atoms with E-state index >= 15 is 0 Å². The molecule has 0 saturated carbocycles. The molecule has 28 heavy (non-hydrogen) atoms. The average Bonchev–Trinajstić information content (AvgIpc) is 2.69. The summed E-state index contributed by atoms with van der Waals surface area (Å²) in [6.45, 7) is 5.44. The van der Waals surface area contributed by atoms with E-state index in [1.807, 2.05) is 12.1 Å². The molecule has 3 nitrogen and oxygen atoms in total. The number of unbranched alkanes of at least 4 members (excludes halogenated alkanes) is 2. The summed E-state index contributed by atoms with van der Waals surface area (Å²) in [7, 11) is 3.48. The van der Waals surface area contributed by atoms with Gasteiger partial charge < -0.3 is 9.47 Å². The third kappa shape index (κ3) is 6.02. The fourth-order valence-electron chi connectivity index (χ4n) is 3.79. The van der Waals surface area contributed by atoms with E-state index in [0.29, 0.717) is 0 Å². The zero-order valence-electron chi connectivity index (χ0n) is 17.8. The van der Waals surface area contributed by atoms with Crippen LogP contribution >= 0.6 is 0 Å². The van der Waals surface area contributed by atoms with E-state index in [0.717, 1.165) is 57.3 Å². The van der Waals surface area contributed by atoms with Crippen LogP contribution in [0.2, 0.25) is 0 Å². The number of benzene rings is 2. The maximum atomic E-state index is 12.3. The number of Topliss-reactive ketones (excluding diaryl/α,β-unsaturated/α-hetero) is 1. The van der Waals surface area contributed by atoms with Crippen LogP contribution in [0.3, 0.4) is 0 Å². The van der Waals surface area contributed by atoms with Gasteiger partial charge in [0, 0.05) is 33.0 Å². The molecule has 0 atom stereocenters. The Morgan fingerprint density at radius 1 is 0.821 bits per heavy atom. The summed E-state index contributed by atoms with van der Waals surface area (Å²) in [5.41, 5.74) is 7.16. The highest BCUT2D eigenvalue weighted by molar-refractivity contribution is 5.97. The number of carbonyl (C=O) groups is 1. The molecule has 0 spiro atoms. The molecule has 0 radical (unpaired) electrons. The molecule has 0 aliphatic heterocycles. The molecule has 0 aliphatic carbocycles. The molecule has 0 saturated heterocycles. The highest BCUT2D eigenvalue weighted by Gasteiger charge is 2.15. The number of ether oxygens (including phenoxy) is 2. The summed E-state index contributed by atoms with van der Waals surface area (Å²) in [4.78, 5) is 12.3. The quantitative estimate of drug-likeness (QED) is 0.344. The standard InChI is InChI=1S/C25H34O3/c1-19-21(11-5-7-17-27-3)12-9-14-22(19)24-16-10-15-23(20(2)26)25(24)13-6-8-18-28-4/h9-10,12,14-16H,5-8,11,13,17-18H2,1-4H3. The Morgan fingerprint density at radius 3 is 2.07 bits per heavy atom. The first kappa shape index (κ1) is 22.3. The third-order valence-electron chi connectivity index (χ3n) is 5.36. The van der Waals surface area contributed by atoms with Crippen LogP contribution in [0, 0.1) is 6.92 Å². The van der Waals surface area contributed by atoms with Gasteiger partial charge in [0.05, 0.1) is 0 Å². The summed E-state index contributed by atoms with van der Waals surface area (Å²) in [6.07, 6.45) is 6.16. The van der Waals surface area contributed by atoms with Gasteiger partial charge in [0.25, 0.3) is 0 Å². The van der Waals surface area contributed by atoms with Crippen molar-refractivity contribution in [2.75, 3.05) is 27.4 Å².